The molecule has 130 valence electrons. The summed E-state index contributed by atoms with van der Waals surface area (Å²) in [7, 11) is 0. The zero-order valence-electron chi connectivity index (χ0n) is 12.7. The van der Waals surface area contributed by atoms with Crippen molar-refractivity contribution in [3.63, 3.8) is 0 Å². The van der Waals surface area contributed by atoms with Crippen molar-refractivity contribution < 1.29 is 29.6 Å². The number of carbonyl (C=O) groups is 1. The Morgan fingerprint density at radius 1 is 1.22 bits per heavy atom. The molecular formula is C15H20Cl2O6. The lowest BCUT2D eigenvalue weighted by Gasteiger charge is -2.27. The first-order valence-electron chi connectivity index (χ1n) is 7.02. The van der Waals surface area contributed by atoms with Crippen LogP contribution in [0.15, 0.2) is 18.2 Å². The van der Waals surface area contributed by atoms with Gasteiger partial charge in [0.1, 0.15) is 12.4 Å². The van der Waals surface area contributed by atoms with Crippen LogP contribution in [0.3, 0.4) is 0 Å². The summed E-state index contributed by atoms with van der Waals surface area (Å²) in [5.41, 5.74) is -1.29. The second kappa shape index (κ2) is 9.30. The standard InChI is InChI=1S/C15H20Cl2O6/c1-2-12(23-13-4-3-10(16)5-11(13)17)14(21)22-9-15(6-18,7-19)8-20/h3-5,12,18-20H,2,6-9H2,1H3. The second-order valence-corrected chi connectivity index (χ2v) is 6.02. The van der Waals surface area contributed by atoms with E-state index in [2.05, 4.69) is 0 Å². The van der Waals surface area contributed by atoms with Crippen LogP contribution in [-0.2, 0) is 9.53 Å². The highest BCUT2D eigenvalue weighted by Crippen LogP contribution is 2.29. The summed E-state index contributed by atoms with van der Waals surface area (Å²) in [6, 6.07) is 4.61. The molecule has 23 heavy (non-hydrogen) atoms. The van der Waals surface area contributed by atoms with Crippen LogP contribution in [0.2, 0.25) is 10.0 Å². The average Bonchev–Trinajstić information content (AvgIpc) is 2.56. The molecule has 0 spiro atoms. The predicted molar refractivity (Wildman–Crippen MR) is 85.8 cm³/mol. The molecule has 0 saturated carbocycles. The van der Waals surface area contributed by atoms with Gasteiger partial charge in [0.25, 0.3) is 0 Å². The van der Waals surface area contributed by atoms with E-state index >= 15 is 0 Å². The summed E-state index contributed by atoms with van der Waals surface area (Å²) in [6.07, 6.45) is -0.593. The van der Waals surface area contributed by atoms with Crippen molar-refractivity contribution in [3.05, 3.63) is 28.2 Å². The molecule has 1 aromatic rings. The summed E-state index contributed by atoms with van der Waals surface area (Å²) in [6.45, 7) is -0.160. The van der Waals surface area contributed by atoms with Gasteiger partial charge in [-0.2, -0.15) is 0 Å². The van der Waals surface area contributed by atoms with Crippen LogP contribution in [0.1, 0.15) is 13.3 Å². The monoisotopic (exact) mass is 366 g/mol. The van der Waals surface area contributed by atoms with Gasteiger partial charge in [-0.3, -0.25) is 0 Å². The molecule has 0 amide bonds. The number of benzene rings is 1. The minimum atomic E-state index is -1.29. The Bertz CT molecular complexity index is 510. The number of ether oxygens (including phenoxy) is 2. The molecule has 0 aromatic heterocycles. The van der Waals surface area contributed by atoms with Crippen LogP contribution in [-0.4, -0.2) is 53.8 Å². The minimum Gasteiger partial charge on any atom is -0.477 e. The van der Waals surface area contributed by atoms with Crippen LogP contribution < -0.4 is 4.74 Å². The van der Waals surface area contributed by atoms with Gasteiger partial charge in [0.2, 0.25) is 0 Å². The molecule has 1 unspecified atom stereocenters. The molecule has 1 rings (SSSR count). The summed E-state index contributed by atoms with van der Waals surface area (Å²) in [5, 5.41) is 28.3. The fraction of sp³-hybridized carbons (Fsp3) is 0.533. The van der Waals surface area contributed by atoms with Gasteiger partial charge >= 0.3 is 5.97 Å². The van der Waals surface area contributed by atoms with Crippen molar-refractivity contribution >= 4 is 29.2 Å². The van der Waals surface area contributed by atoms with Gasteiger partial charge in [0, 0.05) is 5.02 Å². The topological polar surface area (TPSA) is 96.2 Å². The van der Waals surface area contributed by atoms with Crippen molar-refractivity contribution in [2.45, 2.75) is 19.4 Å². The molecule has 0 aliphatic rings. The van der Waals surface area contributed by atoms with Crippen molar-refractivity contribution in [1.29, 1.82) is 0 Å². The molecule has 0 bridgehead atoms. The van der Waals surface area contributed by atoms with Crippen molar-refractivity contribution in [2.24, 2.45) is 5.41 Å². The third-order valence-corrected chi connectivity index (χ3v) is 3.85. The molecule has 0 aliphatic heterocycles. The van der Waals surface area contributed by atoms with E-state index in [1.54, 1.807) is 19.1 Å². The minimum absolute atomic E-state index is 0.263. The Balaban J connectivity index is 2.72. The maximum absolute atomic E-state index is 12.1. The molecule has 0 radical (unpaired) electrons. The summed E-state index contributed by atoms with van der Waals surface area (Å²) < 4.78 is 10.6. The number of rotatable bonds is 9. The SMILES string of the molecule is CCC(Oc1ccc(Cl)cc1Cl)C(=O)OCC(CO)(CO)CO. The summed E-state index contributed by atoms with van der Waals surface area (Å²) in [5.74, 6) is -0.393. The summed E-state index contributed by atoms with van der Waals surface area (Å²) >= 11 is 11.8. The zero-order valence-corrected chi connectivity index (χ0v) is 14.2. The average molecular weight is 367 g/mol. The number of aliphatic hydroxyl groups excluding tert-OH is 3. The van der Waals surface area contributed by atoms with E-state index in [-0.39, 0.29) is 17.4 Å². The first-order valence-corrected chi connectivity index (χ1v) is 7.78. The number of hydrogen-bond acceptors (Lipinski definition) is 6. The predicted octanol–water partition coefficient (Wildman–Crippen LogP) is 1.66. The lowest BCUT2D eigenvalue weighted by Crippen LogP contribution is -2.41. The molecule has 1 aromatic carbocycles. The Morgan fingerprint density at radius 2 is 1.83 bits per heavy atom. The first-order chi connectivity index (χ1) is 10.9. The number of halogens is 2. The van der Waals surface area contributed by atoms with Gasteiger partial charge in [-0.15, -0.1) is 0 Å². The first kappa shape index (κ1) is 20.0. The normalized spacial score (nSPS) is 12.8. The van der Waals surface area contributed by atoms with E-state index in [9.17, 15) is 20.1 Å². The molecule has 0 fully saturated rings. The van der Waals surface area contributed by atoms with Gasteiger partial charge in [-0.1, -0.05) is 30.1 Å². The number of aliphatic hydroxyl groups is 3. The van der Waals surface area contributed by atoms with E-state index < -0.39 is 37.3 Å². The second-order valence-electron chi connectivity index (χ2n) is 5.17. The third kappa shape index (κ3) is 5.51. The van der Waals surface area contributed by atoms with Gasteiger partial charge in [0.15, 0.2) is 6.10 Å². The summed E-state index contributed by atoms with van der Waals surface area (Å²) in [4.78, 5) is 12.1. The lowest BCUT2D eigenvalue weighted by atomic mass is 9.93. The highest BCUT2D eigenvalue weighted by Gasteiger charge is 2.32. The maximum Gasteiger partial charge on any atom is 0.347 e. The molecule has 0 heterocycles. The van der Waals surface area contributed by atoms with Crippen LogP contribution in [0.4, 0.5) is 0 Å². The van der Waals surface area contributed by atoms with Crippen LogP contribution >= 0.6 is 23.2 Å². The van der Waals surface area contributed by atoms with Crippen molar-refractivity contribution in [3.8, 4) is 5.75 Å². The van der Waals surface area contributed by atoms with Crippen molar-refractivity contribution in [2.75, 3.05) is 26.4 Å². The molecule has 1 atom stereocenters. The molecule has 3 N–H and O–H groups in total. The van der Waals surface area contributed by atoms with E-state index in [0.29, 0.717) is 11.4 Å². The van der Waals surface area contributed by atoms with Crippen LogP contribution in [0, 0.1) is 5.41 Å². The maximum atomic E-state index is 12.1. The van der Waals surface area contributed by atoms with Crippen LogP contribution in [0.25, 0.3) is 0 Å². The van der Waals surface area contributed by atoms with E-state index in [1.807, 2.05) is 0 Å². The molecular weight excluding hydrogens is 347 g/mol. The lowest BCUT2D eigenvalue weighted by molar-refractivity contribution is -0.159. The fourth-order valence-corrected chi connectivity index (χ4v) is 2.08. The Kier molecular flexibility index (Phi) is 8.08. The number of carbonyl (C=O) groups excluding carboxylic acids is 1. The smallest absolute Gasteiger partial charge is 0.347 e. The molecule has 0 saturated heterocycles. The van der Waals surface area contributed by atoms with Crippen molar-refractivity contribution in [1.82, 2.24) is 0 Å². The quantitative estimate of drug-likeness (QED) is 0.575. The number of esters is 1. The van der Waals surface area contributed by atoms with E-state index in [4.69, 9.17) is 32.7 Å². The molecule has 8 heteroatoms. The van der Waals surface area contributed by atoms with Gasteiger partial charge in [0.05, 0.1) is 30.3 Å². The van der Waals surface area contributed by atoms with Gasteiger partial charge in [-0.25, -0.2) is 4.79 Å². The van der Waals surface area contributed by atoms with Crippen LogP contribution in [0.5, 0.6) is 5.75 Å². The Labute approximate surface area is 144 Å². The molecule has 6 nitrogen and oxygen atoms in total. The number of hydrogen-bond donors (Lipinski definition) is 3. The largest absolute Gasteiger partial charge is 0.477 e. The molecule has 0 aliphatic carbocycles. The van der Waals surface area contributed by atoms with E-state index in [1.165, 1.54) is 6.07 Å². The Morgan fingerprint density at radius 3 is 2.30 bits per heavy atom. The third-order valence-electron chi connectivity index (χ3n) is 3.32. The Hall–Kier alpha value is -1.05. The highest BCUT2D eigenvalue weighted by molar-refractivity contribution is 6.35. The van der Waals surface area contributed by atoms with Gasteiger partial charge < -0.3 is 24.8 Å². The van der Waals surface area contributed by atoms with Gasteiger partial charge in [-0.05, 0) is 24.6 Å². The fourth-order valence-electron chi connectivity index (χ4n) is 1.63. The van der Waals surface area contributed by atoms with E-state index in [0.717, 1.165) is 0 Å². The zero-order chi connectivity index (χ0) is 17.5. The highest BCUT2D eigenvalue weighted by atomic mass is 35.5.